The molecule has 0 aliphatic carbocycles. The summed E-state index contributed by atoms with van der Waals surface area (Å²) in [5.74, 6) is -0.630. The summed E-state index contributed by atoms with van der Waals surface area (Å²) in [7, 11) is -3.32. The zero-order valence-electron chi connectivity index (χ0n) is 12.9. The molecular formula is C15H21FN2O4S. The molecule has 1 fully saturated rings. The average molecular weight is 344 g/mol. The van der Waals surface area contributed by atoms with Gasteiger partial charge in [0.25, 0.3) is 0 Å². The minimum Gasteiger partial charge on any atom is -0.376 e. The summed E-state index contributed by atoms with van der Waals surface area (Å²) in [5, 5.41) is 2.86. The largest absolute Gasteiger partial charge is 0.376 e. The second kappa shape index (κ2) is 7.85. The van der Waals surface area contributed by atoms with Crippen LogP contribution in [0.15, 0.2) is 24.3 Å². The maximum atomic E-state index is 13.1. The molecule has 6 nitrogen and oxygen atoms in total. The number of carbonyl (C=O) groups excluding carboxylic acids is 1. The SMILES string of the molecule is CS(=O)(=O)NCCC(=O)N[C@H](c1ccc(F)cc1)[C@H]1CCCO1. The Morgan fingerprint density at radius 1 is 1.39 bits per heavy atom. The highest BCUT2D eigenvalue weighted by atomic mass is 32.2. The Balaban J connectivity index is 2.00. The molecule has 0 saturated carbocycles. The lowest BCUT2D eigenvalue weighted by molar-refractivity contribution is -0.122. The lowest BCUT2D eigenvalue weighted by Crippen LogP contribution is -2.37. The number of amides is 1. The standard InChI is InChI=1S/C15H21FN2O4S/c1-23(20,21)17-9-8-14(19)18-15(13-3-2-10-22-13)11-4-6-12(16)7-5-11/h4-7,13,15,17H,2-3,8-10H2,1H3,(H,18,19)/t13-,15-/m1/s1. The lowest BCUT2D eigenvalue weighted by atomic mass is 9.99. The molecule has 0 unspecified atom stereocenters. The van der Waals surface area contributed by atoms with Crippen molar-refractivity contribution in [1.29, 1.82) is 0 Å². The number of ether oxygens (including phenoxy) is 1. The fourth-order valence-electron chi connectivity index (χ4n) is 2.52. The van der Waals surface area contributed by atoms with Crippen LogP contribution in [-0.2, 0) is 19.6 Å². The van der Waals surface area contributed by atoms with E-state index in [1.165, 1.54) is 12.1 Å². The minimum atomic E-state index is -3.32. The topological polar surface area (TPSA) is 84.5 Å². The third-order valence-corrected chi connectivity index (χ3v) is 4.33. The summed E-state index contributed by atoms with van der Waals surface area (Å²) in [6.07, 6.45) is 2.63. The highest BCUT2D eigenvalue weighted by Gasteiger charge is 2.28. The summed E-state index contributed by atoms with van der Waals surface area (Å²) in [6, 6.07) is 5.56. The van der Waals surface area contributed by atoms with Crippen LogP contribution in [0.4, 0.5) is 4.39 Å². The van der Waals surface area contributed by atoms with E-state index < -0.39 is 10.0 Å². The third kappa shape index (κ3) is 5.89. The Labute approximate surface area is 135 Å². The molecule has 8 heteroatoms. The predicted octanol–water partition coefficient (Wildman–Crippen LogP) is 1.10. The van der Waals surface area contributed by atoms with Crippen molar-refractivity contribution in [3.8, 4) is 0 Å². The number of sulfonamides is 1. The number of nitrogens with one attached hydrogen (secondary N) is 2. The van der Waals surface area contributed by atoms with E-state index in [0.717, 1.165) is 24.7 Å². The van der Waals surface area contributed by atoms with E-state index >= 15 is 0 Å². The maximum Gasteiger partial charge on any atom is 0.221 e. The number of benzene rings is 1. The van der Waals surface area contributed by atoms with Crippen LogP contribution in [0.1, 0.15) is 30.9 Å². The van der Waals surface area contributed by atoms with Crippen LogP contribution in [0.2, 0.25) is 0 Å². The van der Waals surface area contributed by atoms with Crippen molar-refractivity contribution >= 4 is 15.9 Å². The smallest absolute Gasteiger partial charge is 0.221 e. The first-order valence-corrected chi connectivity index (χ1v) is 9.35. The van der Waals surface area contributed by atoms with Crippen LogP contribution < -0.4 is 10.0 Å². The molecule has 2 atom stereocenters. The fraction of sp³-hybridized carbons (Fsp3) is 0.533. The van der Waals surface area contributed by atoms with E-state index in [2.05, 4.69) is 10.0 Å². The van der Waals surface area contributed by atoms with E-state index in [9.17, 15) is 17.6 Å². The molecule has 1 saturated heterocycles. The molecule has 1 heterocycles. The van der Waals surface area contributed by atoms with E-state index in [4.69, 9.17) is 4.74 Å². The molecule has 23 heavy (non-hydrogen) atoms. The van der Waals surface area contributed by atoms with Crippen LogP contribution in [0, 0.1) is 5.82 Å². The first-order valence-electron chi connectivity index (χ1n) is 7.46. The Hall–Kier alpha value is -1.51. The quantitative estimate of drug-likeness (QED) is 0.776. The van der Waals surface area contributed by atoms with Gasteiger partial charge in [0.2, 0.25) is 15.9 Å². The molecule has 0 aromatic heterocycles. The molecule has 128 valence electrons. The Morgan fingerprint density at radius 2 is 2.09 bits per heavy atom. The van der Waals surface area contributed by atoms with Gasteiger partial charge in [-0.3, -0.25) is 4.79 Å². The second-order valence-corrected chi connectivity index (χ2v) is 7.40. The third-order valence-electron chi connectivity index (χ3n) is 3.60. The highest BCUT2D eigenvalue weighted by molar-refractivity contribution is 7.88. The van der Waals surface area contributed by atoms with Crippen LogP contribution in [0.5, 0.6) is 0 Å². The van der Waals surface area contributed by atoms with Crippen LogP contribution in [-0.4, -0.2) is 39.8 Å². The summed E-state index contributed by atoms with van der Waals surface area (Å²) in [6.45, 7) is 0.667. The van der Waals surface area contributed by atoms with Crippen LogP contribution >= 0.6 is 0 Å². The van der Waals surface area contributed by atoms with E-state index in [1.54, 1.807) is 12.1 Å². The van der Waals surface area contributed by atoms with Crippen molar-refractivity contribution in [2.24, 2.45) is 0 Å². The minimum absolute atomic E-state index is 0.0253. The van der Waals surface area contributed by atoms with Gasteiger partial charge in [0.15, 0.2) is 0 Å². The number of hydrogen-bond acceptors (Lipinski definition) is 4. The molecular weight excluding hydrogens is 323 g/mol. The van der Waals surface area contributed by atoms with Gasteiger partial charge in [0, 0.05) is 19.6 Å². The molecule has 0 bridgehead atoms. The number of rotatable bonds is 7. The van der Waals surface area contributed by atoms with Gasteiger partial charge in [-0.2, -0.15) is 0 Å². The van der Waals surface area contributed by atoms with Gasteiger partial charge in [-0.05, 0) is 30.5 Å². The van der Waals surface area contributed by atoms with Crippen molar-refractivity contribution in [1.82, 2.24) is 10.0 Å². The van der Waals surface area contributed by atoms with Gasteiger partial charge < -0.3 is 10.1 Å². The van der Waals surface area contributed by atoms with Crippen molar-refractivity contribution in [3.05, 3.63) is 35.6 Å². The molecule has 1 aliphatic rings. The number of carbonyl (C=O) groups is 1. The normalized spacial score (nSPS) is 19.5. The van der Waals surface area contributed by atoms with E-state index in [-0.39, 0.29) is 36.8 Å². The van der Waals surface area contributed by atoms with E-state index in [1.807, 2.05) is 0 Å². The first-order chi connectivity index (χ1) is 10.8. The van der Waals surface area contributed by atoms with Gasteiger partial charge in [0.05, 0.1) is 18.4 Å². The monoisotopic (exact) mass is 344 g/mol. The Bertz CT molecular complexity index is 627. The van der Waals surface area contributed by atoms with Crippen molar-refractivity contribution in [2.75, 3.05) is 19.4 Å². The lowest BCUT2D eigenvalue weighted by Gasteiger charge is -2.25. The molecule has 0 spiro atoms. The number of halogens is 1. The highest BCUT2D eigenvalue weighted by Crippen LogP contribution is 2.27. The summed E-state index contributed by atoms with van der Waals surface area (Å²) in [5.41, 5.74) is 0.766. The van der Waals surface area contributed by atoms with Gasteiger partial charge >= 0.3 is 0 Å². The molecule has 2 N–H and O–H groups in total. The van der Waals surface area contributed by atoms with Crippen LogP contribution in [0.25, 0.3) is 0 Å². The van der Waals surface area contributed by atoms with Crippen molar-refractivity contribution < 1.29 is 22.3 Å². The fourth-order valence-corrected chi connectivity index (χ4v) is 2.99. The second-order valence-electron chi connectivity index (χ2n) is 5.56. The molecule has 1 aliphatic heterocycles. The number of hydrogen-bond donors (Lipinski definition) is 2. The predicted molar refractivity (Wildman–Crippen MR) is 83.7 cm³/mol. The summed E-state index contributed by atoms with van der Waals surface area (Å²) >= 11 is 0. The average Bonchev–Trinajstić information content (AvgIpc) is 2.98. The first kappa shape index (κ1) is 17.8. The maximum absolute atomic E-state index is 13.1. The summed E-state index contributed by atoms with van der Waals surface area (Å²) in [4.78, 5) is 12.1. The molecule has 2 rings (SSSR count). The molecule has 1 aromatic carbocycles. The van der Waals surface area contributed by atoms with Crippen molar-refractivity contribution in [3.63, 3.8) is 0 Å². The van der Waals surface area contributed by atoms with Crippen LogP contribution in [0.3, 0.4) is 0 Å². The molecule has 0 radical (unpaired) electrons. The van der Waals surface area contributed by atoms with Gasteiger partial charge in [-0.25, -0.2) is 17.5 Å². The Morgan fingerprint density at radius 3 is 2.65 bits per heavy atom. The molecule has 1 aromatic rings. The molecule has 1 amide bonds. The zero-order chi connectivity index (χ0) is 16.9. The summed E-state index contributed by atoms with van der Waals surface area (Å²) < 4.78 is 43.0. The van der Waals surface area contributed by atoms with Gasteiger partial charge in [-0.15, -0.1) is 0 Å². The van der Waals surface area contributed by atoms with Gasteiger partial charge in [0.1, 0.15) is 5.82 Å². The zero-order valence-corrected chi connectivity index (χ0v) is 13.7. The van der Waals surface area contributed by atoms with E-state index in [0.29, 0.717) is 6.61 Å². The van der Waals surface area contributed by atoms with Crippen molar-refractivity contribution in [2.45, 2.75) is 31.4 Å². The Kier molecular flexibility index (Phi) is 6.09. The van der Waals surface area contributed by atoms with Gasteiger partial charge in [-0.1, -0.05) is 12.1 Å².